The monoisotopic (exact) mass is 403 g/mol. The number of nitro benzene ring substituents is 1. The molecule has 3 N–H and O–H groups in total. The van der Waals surface area contributed by atoms with Crippen LogP contribution in [0.1, 0.15) is 42.5 Å². The molecule has 9 nitrogen and oxygen atoms in total. The molecule has 2 fully saturated rings. The smallest absolute Gasteiger partial charge is 0.293 e. The van der Waals surface area contributed by atoms with Crippen molar-refractivity contribution in [1.29, 1.82) is 0 Å². The topological polar surface area (TPSA) is 122 Å². The van der Waals surface area contributed by atoms with Gasteiger partial charge in [-0.05, 0) is 57.3 Å². The summed E-state index contributed by atoms with van der Waals surface area (Å²) < 4.78 is 0. The van der Waals surface area contributed by atoms with Crippen molar-refractivity contribution < 1.29 is 14.5 Å². The Kier molecular flexibility index (Phi) is 7.03. The van der Waals surface area contributed by atoms with E-state index in [4.69, 9.17) is 5.73 Å². The summed E-state index contributed by atoms with van der Waals surface area (Å²) in [5.41, 5.74) is 6.26. The number of nitrogens with two attached hydrogens (primary N) is 1. The average Bonchev–Trinajstić information content (AvgIpc) is 3.25. The number of carbonyl (C=O) groups excluding carboxylic acids is 2. The molecule has 29 heavy (non-hydrogen) atoms. The number of rotatable bonds is 8. The van der Waals surface area contributed by atoms with Crippen molar-refractivity contribution >= 4 is 23.2 Å². The van der Waals surface area contributed by atoms with E-state index in [1.165, 1.54) is 6.07 Å². The fourth-order valence-electron chi connectivity index (χ4n) is 4.13. The first-order chi connectivity index (χ1) is 14.0. The van der Waals surface area contributed by atoms with Gasteiger partial charge in [-0.3, -0.25) is 19.7 Å². The van der Waals surface area contributed by atoms with Gasteiger partial charge in [0.2, 0.25) is 5.91 Å². The van der Waals surface area contributed by atoms with E-state index in [1.54, 1.807) is 12.1 Å². The summed E-state index contributed by atoms with van der Waals surface area (Å²) >= 11 is 0. The Bertz CT molecular complexity index is 763. The number of benzene rings is 1. The second kappa shape index (κ2) is 9.69. The maximum atomic E-state index is 12.4. The van der Waals surface area contributed by atoms with Gasteiger partial charge in [0.1, 0.15) is 5.69 Å². The number of likely N-dealkylation sites (tertiary alicyclic amines) is 1. The molecule has 1 atom stereocenters. The highest BCUT2D eigenvalue weighted by Gasteiger charge is 2.25. The standard InChI is InChI=1S/C20H29N5O4/c21-19(26)16-5-3-9-23(14-16)10-4-8-22-20(27)15-6-7-17(18(13-15)25(28)29)24-11-1-2-12-24/h6-7,13,16H,1-5,8-12,14H2,(H2,21,26)(H,22,27). The van der Waals surface area contributed by atoms with Gasteiger partial charge in [-0.2, -0.15) is 0 Å². The van der Waals surface area contributed by atoms with Gasteiger partial charge < -0.3 is 20.9 Å². The Morgan fingerprint density at radius 2 is 1.97 bits per heavy atom. The third kappa shape index (κ3) is 5.44. The van der Waals surface area contributed by atoms with Crippen molar-refractivity contribution in [2.45, 2.75) is 32.1 Å². The van der Waals surface area contributed by atoms with E-state index in [-0.39, 0.29) is 23.4 Å². The van der Waals surface area contributed by atoms with Crippen LogP contribution >= 0.6 is 0 Å². The molecule has 3 rings (SSSR count). The molecule has 0 saturated carbocycles. The summed E-state index contributed by atoms with van der Waals surface area (Å²) in [4.78, 5) is 39.0. The lowest BCUT2D eigenvalue weighted by atomic mass is 9.97. The maximum Gasteiger partial charge on any atom is 0.293 e. The highest BCUT2D eigenvalue weighted by Crippen LogP contribution is 2.31. The molecule has 1 unspecified atom stereocenters. The molecule has 1 aromatic carbocycles. The Balaban J connectivity index is 1.51. The SMILES string of the molecule is NC(=O)C1CCCN(CCCNC(=O)c2ccc(N3CCCC3)c([N+](=O)[O-])c2)C1. The van der Waals surface area contributed by atoms with Gasteiger partial charge >= 0.3 is 0 Å². The highest BCUT2D eigenvalue weighted by atomic mass is 16.6. The van der Waals surface area contributed by atoms with Gasteiger partial charge in [-0.25, -0.2) is 0 Å². The Morgan fingerprint density at radius 3 is 2.66 bits per heavy atom. The molecule has 0 aliphatic carbocycles. The van der Waals surface area contributed by atoms with Crippen LogP contribution in [-0.4, -0.2) is 60.9 Å². The molecule has 1 aromatic rings. The molecule has 2 amide bonds. The highest BCUT2D eigenvalue weighted by molar-refractivity contribution is 5.95. The van der Waals surface area contributed by atoms with Gasteiger partial charge in [0.05, 0.1) is 10.8 Å². The number of nitrogens with one attached hydrogen (secondary N) is 1. The van der Waals surface area contributed by atoms with E-state index in [2.05, 4.69) is 10.2 Å². The van der Waals surface area contributed by atoms with Crippen LogP contribution in [0, 0.1) is 16.0 Å². The number of nitrogens with zero attached hydrogens (tertiary/aromatic N) is 3. The summed E-state index contributed by atoms with van der Waals surface area (Å²) in [6, 6.07) is 4.69. The lowest BCUT2D eigenvalue weighted by Gasteiger charge is -2.31. The lowest BCUT2D eigenvalue weighted by molar-refractivity contribution is -0.384. The van der Waals surface area contributed by atoms with Crippen LogP contribution in [0.4, 0.5) is 11.4 Å². The summed E-state index contributed by atoms with van der Waals surface area (Å²) in [7, 11) is 0. The zero-order chi connectivity index (χ0) is 20.8. The second-order valence-corrected chi connectivity index (χ2v) is 7.81. The van der Waals surface area contributed by atoms with E-state index in [0.29, 0.717) is 24.3 Å². The molecular formula is C20H29N5O4. The number of amides is 2. The minimum absolute atomic E-state index is 0.0228. The zero-order valence-electron chi connectivity index (χ0n) is 16.6. The number of hydrogen-bond donors (Lipinski definition) is 2. The fraction of sp³-hybridized carbons (Fsp3) is 0.600. The number of piperidine rings is 1. The quantitative estimate of drug-likeness (QED) is 0.385. The lowest BCUT2D eigenvalue weighted by Crippen LogP contribution is -2.42. The summed E-state index contributed by atoms with van der Waals surface area (Å²) in [5.74, 6) is -0.648. The van der Waals surface area contributed by atoms with Gasteiger partial charge in [0.25, 0.3) is 11.6 Å². The molecule has 0 aromatic heterocycles. The molecule has 0 radical (unpaired) electrons. The largest absolute Gasteiger partial charge is 0.369 e. The number of hydrogen-bond acceptors (Lipinski definition) is 6. The molecular weight excluding hydrogens is 374 g/mol. The van der Waals surface area contributed by atoms with Gasteiger partial charge in [0.15, 0.2) is 0 Å². The van der Waals surface area contributed by atoms with Gasteiger partial charge in [-0.15, -0.1) is 0 Å². The van der Waals surface area contributed by atoms with E-state index < -0.39 is 4.92 Å². The van der Waals surface area contributed by atoms with Crippen molar-refractivity contribution in [2.75, 3.05) is 44.2 Å². The Labute approximate surface area is 170 Å². The summed E-state index contributed by atoms with van der Waals surface area (Å²) in [6.07, 6.45) is 4.58. The van der Waals surface area contributed by atoms with Crippen molar-refractivity contribution in [2.24, 2.45) is 11.7 Å². The van der Waals surface area contributed by atoms with Gasteiger partial charge in [-0.1, -0.05) is 0 Å². The number of anilines is 1. The van der Waals surface area contributed by atoms with Crippen LogP contribution in [0.25, 0.3) is 0 Å². The van der Waals surface area contributed by atoms with Crippen LogP contribution in [0.5, 0.6) is 0 Å². The molecule has 0 bridgehead atoms. The van der Waals surface area contributed by atoms with E-state index in [0.717, 1.165) is 58.3 Å². The van der Waals surface area contributed by atoms with Crippen molar-refractivity contribution in [3.63, 3.8) is 0 Å². The molecule has 2 aliphatic rings. The average molecular weight is 403 g/mol. The number of carbonyl (C=O) groups is 2. The maximum absolute atomic E-state index is 12.4. The minimum atomic E-state index is -0.421. The third-order valence-electron chi connectivity index (χ3n) is 5.73. The first-order valence-corrected chi connectivity index (χ1v) is 10.3. The van der Waals surface area contributed by atoms with Crippen molar-refractivity contribution in [3.05, 3.63) is 33.9 Å². The van der Waals surface area contributed by atoms with E-state index in [1.807, 2.05) is 4.90 Å². The molecule has 2 aliphatic heterocycles. The van der Waals surface area contributed by atoms with Gasteiger partial charge in [0, 0.05) is 37.8 Å². The van der Waals surface area contributed by atoms with Crippen LogP contribution in [0.3, 0.4) is 0 Å². The Hall–Kier alpha value is -2.68. The molecule has 158 valence electrons. The first kappa shape index (κ1) is 21.0. The van der Waals surface area contributed by atoms with Crippen molar-refractivity contribution in [3.8, 4) is 0 Å². The van der Waals surface area contributed by atoms with Crippen molar-refractivity contribution in [1.82, 2.24) is 10.2 Å². The number of primary amides is 1. The van der Waals surface area contributed by atoms with Crippen LogP contribution in [-0.2, 0) is 4.79 Å². The van der Waals surface area contributed by atoms with E-state index >= 15 is 0 Å². The summed E-state index contributed by atoms with van der Waals surface area (Å²) in [6.45, 7) is 4.46. The minimum Gasteiger partial charge on any atom is -0.369 e. The Morgan fingerprint density at radius 1 is 1.21 bits per heavy atom. The summed E-state index contributed by atoms with van der Waals surface area (Å²) in [5, 5.41) is 14.3. The normalized spacial score (nSPS) is 19.9. The molecule has 0 spiro atoms. The molecule has 2 heterocycles. The third-order valence-corrected chi connectivity index (χ3v) is 5.73. The molecule has 9 heteroatoms. The number of nitro groups is 1. The molecule has 2 saturated heterocycles. The fourth-order valence-corrected chi connectivity index (χ4v) is 4.13. The van der Waals surface area contributed by atoms with Crippen LogP contribution in [0.15, 0.2) is 18.2 Å². The predicted octanol–water partition coefficient (Wildman–Crippen LogP) is 1.51. The van der Waals surface area contributed by atoms with Crippen LogP contribution in [0.2, 0.25) is 0 Å². The zero-order valence-corrected chi connectivity index (χ0v) is 16.6. The second-order valence-electron chi connectivity index (χ2n) is 7.81. The predicted molar refractivity (Wildman–Crippen MR) is 110 cm³/mol. The van der Waals surface area contributed by atoms with Crippen LogP contribution < -0.4 is 16.0 Å². The van der Waals surface area contributed by atoms with E-state index in [9.17, 15) is 19.7 Å². The first-order valence-electron chi connectivity index (χ1n) is 10.3.